The number of rotatable bonds is 3. The lowest BCUT2D eigenvalue weighted by atomic mass is 9.92. The molecule has 110 valence electrons. The van der Waals surface area contributed by atoms with Gasteiger partial charge in [-0.15, -0.1) is 11.3 Å². The van der Waals surface area contributed by atoms with E-state index < -0.39 is 11.9 Å². The Hall–Kier alpha value is -2.73. The van der Waals surface area contributed by atoms with Crippen molar-refractivity contribution in [2.24, 2.45) is 0 Å². The Kier molecular flexibility index (Phi) is 3.38. The number of aromatic carboxylic acids is 2. The van der Waals surface area contributed by atoms with Gasteiger partial charge in [-0.2, -0.15) is 0 Å². The number of fused-ring (bicyclic) bond motifs is 1. The van der Waals surface area contributed by atoms with E-state index in [2.05, 4.69) is 4.98 Å². The lowest BCUT2D eigenvalue weighted by molar-refractivity contribution is 0.0696. The van der Waals surface area contributed by atoms with Crippen LogP contribution in [0.3, 0.4) is 0 Å². The first-order valence-corrected chi connectivity index (χ1v) is 7.31. The molecule has 2 N–H and O–H groups in total. The predicted molar refractivity (Wildman–Crippen MR) is 83.7 cm³/mol. The van der Waals surface area contributed by atoms with Gasteiger partial charge in [0.15, 0.2) is 0 Å². The maximum atomic E-state index is 11.7. The molecule has 0 aliphatic carbocycles. The van der Waals surface area contributed by atoms with E-state index in [9.17, 15) is 14.7 Å². The largest absolute Gasteiger partial charge is 0.478 e. The number of carboxylic acid groups (broad SMARTS) is 2. The maximum Gasteiger partial charge on any atom is 0.336 e. The Morgan fingerprint density at radius 2 is 1.82 bits per heavy atom. The molecule has 0 aliphatic rings. The van der Waals surface area contributed by atoms with Gasteiger partial charge in [0.2, 0.25) is 0 Å². The van der Waals surface area contributed by atoms with Gasteiger partial charge in [0.25, 0.3) is 0 Å². The molecule has 5 nitrogen and oxygen atoms in total. The molecule has 0 aliphatic heterocycles. The van der Waals surface area contributed by atoms with Crippen molar-refractivity contribution in [2.45, 2.75) is 6.92 Å². The number of thiazole rings is 1. The zero-order chi connectivity index (χ0) is 15.9. The third-order valence-electron chi connectivity index (χ3n) is 3.56. The molecule has 0 saturated heterocycles. The number of para-hydroxylation sites is 1. The van der Waals surface area contributed by atoms with Crippen LogP contribution in [0.5, 0.6) is 0 Å². The minimum atomic E-state index is -1.15. The van der Waals surface area contributed by atoms with E-state index in [1.54, 1.807) is 11.6 Å². The van der Waals surface area contributed by atoms with E-state index in [1.165, 1.54) is 30.4 Å². The van der Waals surface area contributed by atoms with E-state index in [0.717, 1.165) is 10.2 Å². The summed E-state index contributed by atoms with van der Waals surface area (Å²) >= 11 is 1.47. The van der Waals surface area contributed by atoms with Crippen LogP contribution in [0.15, 0.2) is 35.8 Å². The van der Waals surface area contributed by atoms with E-state index in [0.29, 0.717) is 11.1 Å². The van der Waals surface area contributed by atoms with Crippen molar-refractivity contribution >= 4 is 33.5 Å². The van der Waals surface area contributed by atoms with Gasteiger partial charge in [0.1, 0.15) is 0 Å². The second kappa shape index (κ2) is 5.23. The molecule has 0 atom stereocenters. The number of carboxylic acids is 2. The van der Waals surface area contributed by atoms with Crippen LogP contribution < -0.4 is 0 Å². The molecule has 3 rings (SSSR count). The standard InChI is InChI=1S/C16H11NO4S/c1-8-9(15(18)19)5-6-10(13(8)16(20)21)11-3-2-4-12-14(11)17-7-22-12/h2-7H,1H3,(H,18,19)(H,20,21). The molecule has 2 aromatic carbocycles. The Morgan fingerprint density at radius 3 is 2.50 bits per heavy atom. The number of aromatic nitrogens is 1. The number of hydrogen-bond donors (Lipinski definition) is 2. The van der Waals surface area contributed by atoms with Crippen molar-refractivity contribution in [3.05, 3.63) is 52.5 Å². The minimum absolute atomic E-state index is 0.000370. The van der Waals surface area contributed by atoms with E-state index in [4.69, 9.17) is 5.11 Å². The van der Waals surface area contributed by atoms with Crippen LogP contribution in [0.2, 0.25) is 0 Å². The summed E-state index contributed by atoms with van der Waals surface area (Å²) in [6, 6.07) is 8.51. The number of hydrogen-bond acceptors (Lipinski definition) is 4. The van der Waals surface area contributed by atoms with Crippen LogP contribution in [0.1, 0.15) is 26.3 Å². The maximum absolute atomic E-state index is 11.7. The zero-order valence-electron chi connectivity index (χ0n) is 11.5. The molecule has 3 aromatic rings. The smallest absolute Gasteiger partial charge is 0.336 e. The summed E-state index contributed by atoms with van der Waals surface area (Å²) in [7, 11) is 0. The lowest BCUT2D eigenvalue weighted by Gasteiger charge is -2.12. The first kappa shape index (κ1) is 14.2. The van der Waals surface area contributed by atoms with Crippen LogP contribution in [-0.4, -0.2) is 27.1 Å². The number of carbonyl (C=O) groups is 2. The van der Waals surface area contributed by atoms with Gasteiger partial charge in [0.05, 0.1) is 26.9 Å². The third kappa shape index (κ3) is 2.14. The Labute approximate surface area is 129 Å². The normalized spacial score (nSPS) is 10.8. The summed E-state index contributed by atoms with van der Waals surface area (Å²) in [5.41, 5.74) is 3.82. The fraction of sp³-hybridized carbons (Fsp3) is 0.0625. The summed E-state index contributed by atoms with van der Waals surface area (Å²) in [5.74, 6) is -2.29. The quantitative estimate of drug-likeness (QED) is 0.770. The lowest BCUT2D eigenvalue weighted by Crippen LogP contribution is -2.09. The first-order valence-electron chi connectivity index (χ1n) is 6.43. The third-order valence-corrected chi connectivity index (χ3v) is 4.35. The highest BCUT2D eigenvalue weighted by Crippen LogP contribution is 2.34. The van der Waals surface area contributed by atoms with Crippen molar-refractivity contribution < 1.29 is 19.8 Å². The van der Waals surface area contributed by atoms with Gasteiger partial charge in [-0.3, -0.25) is 0 Å². The van der Waals surface area contributed by atoms with E-state index in [1.807, 2.05) is 12.1 Å². The second-order valence-electron chi connectivity index (χ2n) is 4.78. The average molecular weight is 313 g/mol. The van der Waals surface area contributed by atoms with Crippen molar-refractivity contribution in [1.82, 2.24) is 4.98 Å². The van der Waals surface area contributed by atoms with Crippen LogP contribution in [-0.2, 0) is 0 Å². The Balaban J connectivity index is 2.36. The molecular weight excluding hydrogens is 302 g/mol. The van der Waals surface area contributed by atoms with Gasteiger partial charge in [-0.25, -0.2) is 14.6 Å². The minimum Gasteiger partial charge on any atom is -0.478 e. The molecule has 0 spiro atoms. The number of benzene rings is 2. The highest BCUT2D eigenvalue weighted by molar-refractivity contribution is 7.16. The highest BCUT2D eigenvalue weighted by Gasteiger charge is 2.21. The average Bonchev–Trinajstić information content (AvgIpc) is 2.94. The monoisotopic (exact) mass is 313 g/mol. The SMILES string of the molecule is Cc1c(C(=O)O)ccc(-c2cccc3scnc23)c1C(=O)O. The van der Waals surface area contributed by atoms with Gasteiger partial charge < -0.3 is 10.2 Å². The topological polar surface area (TPSA) is 87.5 Å². The van der Waals surface area contributed by atoms with Crippen molar-refractivity contribution in [3.63, 3.8) is 0 Å². The molecule has 0 unspecified atom stereocenters. The molecule has 0 radical (unpaired) electrons. The molecule has 0 fully saturated rings. The Morgan fingerprint density at radius 1 is 1.05 bits per heavy atom. The van der Waals surface area contributed by atoms with Crippen molar-refractivity contribution in [1.29, 1.82) is 0 Å². The molecule has 0 saturated carbocycles. The van der Waals surface area contributed by atoms with E-state index >= 15 is 0 Å². The van der Waals surface area contributed by atoms with Crippen molar-refractivity contribution in [2.75, 3.05) is 0 Å². The molecule has 6 heteroatoms. The highest BCUT2D eigenvalue weighted by atomic mass is 32.1. The number of nitrogens with zero attached hydrogens (tertiary/aromatic N) is 1. The molecule has 0 amide bonds. The van der Waals surface area contributed by atoms with Crippen LogP contribution in [0.4, 0.5) is 0 Å². The molecular formula is C16H11NO4S. The van der Waals surface area contributed by atoms with Gasteiger partial charge in [0, 0.05) is 5.56 Å². The van der Waals surface area contributed by atoms with Gasteiger partial charge in [-0.05, 0) is 30.2 Å². The molecule has 0 bridgehead atoms. The second-order valence-corrected chi connectivity index (χ2v) is 5.66. The zero-order valence-corrected chi connectivity index (χ0v) is 12.3. The predicted octanol–water partition coefficient (Wildman–Crippen LogP) is 3.67. The summed E-state index contributed by atoms with van der Waals surface area (Å²) in [5, 5.41) is 18.7. The molecule has 1 heterocycles. The fourth-order valence-electron chi connectivity index (χ4n) is 2.55. The summed E-state index contributed by atoms with van der Waals surface area (Å²) in [6.45, 7) is 1.51. The van der Waals surface area contributed by atoms with Crippen molar-refractivity contribution in [3.8, 4) is 11.1 Å². The summed E-state index contributed by atoms with van der Waals surface area (Å²) < 4.78 is 0.953. The summed E-state index contributed by atoms with van der Waals surface area (Å²) in [6.07, 6.45) is 0. The summed E-state index contributed by atoms with van der Waals surface area (Å²) in [4.78, 5) is 27.2. The van der Waals surface area contributed by atoms with Gasteiger partial charge in [-0.1, -0.05) is 18.2 Å². The fourth-order valence-corrected chi connectivity index (χ4v) is 3.25. The van der Waals surface area contributed by atoms with Gasteiger partial charge >= 0.3 is 11.9 Å². The first-order chi connectivity index (χ1) is 10.5. The van der Waals surface area contributed by atoms with Crippen LogP contribution >= 0.6 is 11.3 Å². The molecule has 1 aromatic heterocycles. The van der Waals surface area contributed by atoms with E-state index in [-0.39, 0.29) is 16.7 Å². The van der Waals surface area contributed by atoms with Crippen LogP contribution in [0.25, 0.3) is 21.3 Å². The van der Waals surface area contributed by atoms with Crippen LogP contribution in [0, 0.1) is 6.92 Å². The molecule has 22 heavy (non-hydrogen) atoms. The Bertz CT molecular complexity index is 914.